The third kappa shape index (κ3) is 4.71. The molecule has 0 aliphatic carbocycles. The summed E-state index contributed by atoms with van der Waals surface area (Å²) in [5.41, 5.74) is -1.47. The van der Waals surface area contributed by atoms with Crippen LogP contribution in [-0.4, -0.2) is 39.9 Å². The van der Waals surface area contributed by atoms with Crippen LogP contribution >= 0.6 is 0 Å². The molecule has 1 aliphatic rings. The summed E-state index contributed by atoms with van der Waals surface area (Å²) in [7, 11) is 0. The fraction of sp³-hybridized carbons (Fsp3) is 0.714. The summed E-state index contributed by atoms with van der Waals surface area (Å²) in [6.45, 7) is 6.92. The van der Waals surface area contributed by atoms with Crippen molar-refractivity contribution in [1.82, 2.24) is 4.90 Å². The van der Waals surface area contributed by atoms with Crippen LogP contribution in [0.3, 0.4) is 0 Å². The number of cyclic esters (lactones) is 1. The molecule has 1 rings (SSSR count). The van der Waals surface area contributed by atoms with Gasteiger partial charge in [-0.3, -0.25) is 4.90 Å². The van der Waals surface area contributed by atoms with Crippen LogP contribution in [0.4, 0.5) is 4.79 Å². The Morgan fingerprint density at radius 3 is 2.48 bits per heavy atom. The van der Waals surface area contributed by atoms with Gasteiger partial charge in [-0.25, -0.2) is 4.79 Å². The Morgan fingerprint density at radius 1 is 1.43 bits per heavy atom. The van der Waals surface area contributed by atoms with Gasteiger partial charge in [0.15, 0.2) is 11.3 Å². The normalized spacial score (nSPS) is 27.9. The molecule has 0 aromatic carbocycles. The van der Waals surface area contributed by atoms with Gasteiger partial charge in [0, 0.05) is 18.9 Å². The van der Waals surface area contributed by atoms with Crippen LogP contribution < -0.4 is 34.7 Å². The monoisotopic (exact) mass is 307 g/mol. The molecule has 0 spiro atoms. The zero-order chi connectivity index (χ0) is 15.6. The molecule has 1 amide bonds. The van der Waals surface area contributed by atoms with E-state index in [9.17, 15) is 19.8 Å². The number of carboxylic acids is 1. The molecule has 0 radical (unpaired) electrons. The molecule has 2 unspecified atom stereocenters. The van der Waals surface area contributed by atoms with Crippen LogP contribution in [0.5, 0.6) is 0 Å². The van der Waals surface area contributed by atoms with Crippen molar-refractivity contribution >= 4 is 12.1 Å². The number of carbonyl (C=O) groups excluding carboxylic acids is 2. The van der Waals surface area contributed by atoms with E-state index in [4.69, 9.17) is 4.74 Å². The molecule has 114 valence electrons. The van der Waals surface area contributed by atoms with Crippen molar-refractivity contribution < 1.29 is 54.1 Å². The van der Waals surface area contributed by atoms with Crippen molar-refractivity contribution in [2.75, 3.05) is 6.54 Å². The summed E-state index contributed by atoms with van der Waals surface area (Å²) in [4.78, 5) is 23.4. The van der Waals surface area contributed by atoms with E-state index < -0.39 is 23.4 Å². The summed E-state index contributed by atoms with van der Waals surface area (Å²) < 4.78 is 5.29. The molecule has 1 heterocycles. The van der Waals surface area contributed by atoms with Gasteiger partial charge in [0.25, 0.3) is 0 Å². The van der Waals surface area contributed by atoms with Gasteiger partial charge < -0.3 is 19.7 Å². The molecular weight excluding hydrogens is 285 g/mol. The summed E-state index contributed by atoms with van der Waals surface area (Å²) in [5.74, 6) is -1.27. The summed E-state index contributed by atoms with van der Waals surface area (Å²) in [6.07, 6.45) is 2.08. The first-order valence-electron chi connectivity index (χ1n) is 6.66. The summed E-state index contributed by atoms with van der Waals surface area (Å²) in [5, 5.41) is 21.1. The van der Waals surface area contributed by atoms with Crippen LogP contribution in [-0.2, 0) is 9.53 Å². The van der Waals surface area contributed by atoms with Crippen molar-refractivity contribution in [1.29, 1.82) is 0 Å². The minimum Gasteiger partial charge on any atom is -0.550 e. The van der Waals surface area contributed by atoms with E-state index >= 15 is 0 Å². The molecule has 7 heteroatoms. The fourth-order valence-electron chi connectivity index (χ4n) is 2.24. The largest absolute Gasteiger partial charge is 1.00 e. The first kappa shape index (κ1) is 20.4. The number of allylic oxidation sites excluding steroid dienone is 2. The number of carboxylic acid groups (broad SMARTS) is 1. The van der Waals surface area contributed by atoms with Gasteiger partial charge in [-0.15, -0.1) is 0 Å². The topological polar surface area (TPSA) is 89.9 Å². The first-order valence-corrected chi connectivity index (χ1v) is 6.66. The van der Waals surface area contributed by atoms with Gasteiger partial charge in [-0.05, 0) is 40.5 Å². The molecular formula is C14H22NNaO5. The van der Waals surface area contributed by atoms with Crippen molar-refractivity contribution in [2.24, 2.45) is 0 Å². The predicted molar refractivity (Wildman–Crippen MR) is 70.5 cm³/mol. The van der Waals surface area contributed by atoms with Crippen molar-refractivity contribution in [3.8, 4) is 0 Å². The van der Waals surface area contributed by atoms with Gasteiger partial charge in [-0.2, -0.15) is 0 Å². The Bertz CT molecular complexity index is 431. The molecule has 1 N–H and O–H groups in total. The van der Waals surface area contributed by atoms with E-state index in [2.05, 4.69) is 0 Å². The SMILES string of the molecule is CC(C)=CCCC1(C)OC(=O)N(CCC(=O)[O-])C1(C)O.[Na+]. The maximum atomic E-state index is 11.8. The van der Waals surface area contributed by atoms with Crippen LogP contribution in [0.25, 0.3) is 0 Å². The maximum absolute atomic E-state index is 11.8. The zero-order valence-corrected chi connectivity index (χ0v) is 15.4. The second-order valence-electron chi connectivity index (χ2n) is 5.71. The van der Waals surface area contributed by atoms with Crippen LogP contribution in [0.15, 0.2) is 11.6 Å². The molecule has 6 nitrogen and oxygen atoms in total. The number of ether oxygens (including phenoxy) is 1. The van der Waals surface area contributed by atoms with Gasteiger partial charge in [-0.1, -0.05) is 11.6 Å². The summed E-state index contributed by atoms with van der Waals surface area (Å²) in [6, 6.07) is 0. The van der Waals surface area contributed by atoms with E-state index in [0.29, 0.717) is 12.8 Å². The Hall–Kier alpha value is -0.560. The maximum Gasteiger partial charge on any atom is 1.00 e. The second-order valence-corrected chi connectivity index (χ2v) is 5.71. The number of rotatable bonds is 6. The number of hydrogen-bond donors (Lipinski definition) is 1. The minimum atomic E-state index is -1.55. The average molecular weight is 307 g/mol. The Morgan fingerprint density at radius 2 is 2.00 bits per heavy atom. The van der Waals surface area contributed by atoms with E-state index in [-0.39, 0.29) is 42.5 Å². The van der Waals surface area contributed by atoms with Gasteiger partial charge in [0.2, 0.25) is 0 Å². The number of carbonyl (C=O) groups is 2. The van der Waals surface area contributed by atoms with E-state index in [1.807, 2.05) is 19.9 Å². The molecule has 0 aromatic rings. The fourth-order valence-corrected chi connectivity index (χ4v) is 2.24. The zero-order valence-electron chi connectivity index (χ0n) is 13.4. The second kappa shape index (κ2) is 7.63. The smallest absolute Gasteiger partial charge is 0.550 e. The number of amides is 1. The number of aliphatic hydroxyl groups is 1. The van der Waals surface area contributed by atoms with E-state index in [1.165, 1.54) is 6.92 Å². The molecule has 1 fully saturated rings. The quantitative estimate of drug-likeness (QED) is 0.444. The van der Waals surface area contributed by atoms with Crippen LogP contribution in [0.1, 0.15) is 47.0 Å². The van der Waals surface area contributed by atoms with E-state index in [0.717, 1.165) is 10.5 Å². The molecule has 21 heavy (non-hydrogen) atoms. The standard InChI is InChI=1S/C14H23NO5.Na/c1-10(2)6-5-8-13(3)14(4,19)15(12(18)20-13)9-7-11(16)17;/h6,19H,5,7-9H2,1-4H3,(H,16,17);/q;+1/p-1. The average Bonchev–Trinajstić information content (AvgIpc) is 2.42. The van der Waals surface area contributed by atoms with Gasteiger partial charge >= 0.3 is 35.7 Å². The Kier molecular flexibility index (Phi) is 7.42. The third-order valence-corrected chi connectivity index (χ3v) is 3.77. The number of aliphatic carboxylic acids is 1. The van der Waals surface area contributed by atoms with Gasteiger partial charge in [0.05, 0.1) is 0 Å². The van der Waals surface area contributed by atoms with Crippen LogP contribution in [0.2, 0.25) is 0 Å². The molecule has 0 saturated carbocycles. The Balaban J connectivity index is 0.00000400. The molecule has 1 aliphatic heterocycles. The number of nitrogens with zero attached hydrogens (tertiary/aromatic N) is 1. The Labute approximate surface area is 147 Å². The molecule has 2 atom stereocenters. The number of hydrogen-bond acceptors (Lipinski definition) is 5. The first-order chi connectivity index (χ1) is 9.10. The van der Waals surface area contributed by atoms with Crippen LogP contribution in [0, 0.1) is 0 Å². The molecule has 0 bridgehead atoms. The van der Waals surface area contributed by atoms with E-state index in [1.54, 1.807) is 6.92 Å². The van der Waals surface area contributed by atoms with Gasteiger partial charge in [0.1, 0.15) is 0 Å². The minimum absolute atomic E-state index is 0. The molecule has 1 saturated heterocycles. The predicted octanol–water partition coefficient (Wildman–Crippen LogP) is -2.20. The van der Waals surface area contributed by atoms with Crippen molar-refractivity contribution in [3.05, 3.63) is 11.6 Å². The third-order valence-electron chi connectivity index (χ3n) is 3.77. The van der Waals surface area contributed by atoms with Crippen molar-refractivity contribution in [2.45, 2.75) is 58.3 Å². The summed E-state index contributed by atoms with van der Waals surface area (Å²) >= 11 is 0. The molecule has 0 aromatic heterocycles. The van der Waals surface area contributed by atoms with Crippen molar-refractivity contribution in [3.63, 3.8) is 0 Å².